The summed E-state index contributed by atoms with van der Waals surface area (Å²) in [6.45, 7) is 7.45. The van der Waals surface area contributed by atoms with Gasteiger partial charge in [-0.3, -0.25) is 4.90 Å². The molecule has 0 bridgehead atoms. The lowest BCUT2D eigenvalue weighted by atomic mass is 9.86. The summed E-state index contributed by atoms with van der Waals surface area (Å²) in [4.78, 5) is 2.74. The van der Waals surface area contributed by atoms with Gasteiger partial charge in [-0.25, -0.2) is 0 Å². The molecule has 15 heavy (non-hydrogen) atoms. The van der Waals surface area contributed by atoms with E-state index in [1.165, 1.54) is 45.2 Å². The Bertz CT molecular complexity index is 187. The smallest absolute Gasteiger partial charge is 0.00966 e. The molecule has 0 spiro atoms. The van der Waals surface area contributed by atoms with Crippen molar-refractivity contribution in [3.63, 3.8) is 0 Å². The zero-order chi connectivity index (χ0) is 10.8. The normalized spacial score (nSPS) is 44.2. The largest absolute Gasteiger partial charge is 0.328 e. The van der Waals surface area contributed by atoms with Crippen molar-refractivity contribution in [2.45, 2.75) is 58.0 Å². The van der Waals surface area contributed by atoms with E-state index in [0.717, 1.165) is 17.9 Å². The van der Waals surface area contributed by atoms with Crippen LogP contribution in [0, 0.1) is 11.8 Å². The highest BCUT2D eigenvalue weighted by molar-refractivity contribution is 4.85. The van der Waals surface area contributed by atoms with Crippen molar-refractivity contribution in [1.82, 2.24) is 4.90 Å². The average Bonchev–Trinajstić information content (AvgIpc) is 2.17. The van der Waals surface area contributed by atoms with Crippen LogP contribution >= 0.6 is 0 Å². The van der Waals surface area contributed by atoms with Gasteiger partial charge in [0.15, 0.2) is 0 Å². The molecule has 0 aromatic rings. The van der Waals surface area contributed by atoms with Gasteiger partial charge in [0.2, 0.25) is 0 Å². The monoisotopic (exact) mass is 210 g/mol. The standard InChI is InChI=1S/C13H26N2/c1-10-7-11(2)9-15(8-10)13-5-3-12(14)4-6-13/h10-13H,3-9,14H2,1-2H3. The topological polar surface area (TPSA) is 29.3 Å². The maximum atomic E-state index is 5.96. The Morgan fingerprint density at radius 1 is 0.933 bits per heavy atom. The highest BCUT2D eigenvalue weighted by Gasteiger charge is 2.29. The van der Waals surface area contributed by atoms with Crippen LogP contribution in [0.4, 0.5) is 0 Å². The minimum atomic E-state index is 0.487. The van der Waals surface area contributed by atoms with Crippen molar-refractivity contribution in [2.75, 3.05) is 13.1 Å². The van der Waals surface area contributed by atoms with Crippen LogP contribution in [-0.4, -0.2) is 30.1 Å². The Balaban J connectivity index is 1.87. The zero-order valence-corrected chi connectivity index (χ0v) is 10.3. The molecule has 2 rings (SSSR count). The molecule has 1 saturated heterocycles. The first-order valence-electron chi connectivity index (χ1n) is 6.64. The van der Waals surface area contributed by atoms with E-state index in [2.05, 4.69) is 18.7 Å². The van der Waals surface area contributed by atoms with Gasteiger partial charge in [0.1, 0.15) is 0 Å². The van der Waals surface area contributed by atoms with E-state index in [9.17, 15) is 0 Å². The van der Waals surface area contributed by atoms with Crippen molar-refractivity contribution in [3.05, 3.63) is 0 Å². The fourth-order valence-electron chi connectivity index (χ4n) is 3.48. The van der Waals surface area contributed by atoms with E-state index in [1.807, 2.05) is 0 Å². The van der Waals surface area contributed by atoms with Crippen LogP contribution < -0.4 is 5.73 Å². The van der Waals surface area contributed by atoms with Gasteiger partial charge in [-0.1, -0.05) is 13.8 Å². The summed E-state index contributed by atoms with van der Waals surface area (Å²) in [5.41, 5.74) is 5.96. The maximum absolute atomic E-state index is 5.96. The second kappa shape index (κ2) is 4.84. The number of rotatable bonds is 1. The van der Waals surface area contributed by atoms with Gasteiger partial charge < -0.3 is 5.73 Å². The van der Waals surface area contributed by atoms with E-state index in [1.54, 1.807) is 0 Å². The minimum absolute atomic E-state index is 0.487. The van der Waals surface area contributed by atoms with Crippen LogP contribution in [0.15, 0.2) is 0 Å². The lowest BCUT2D eigenvalue weighted by molar-refractivity contribution is 0.0730. The Hall–Kier alpha value is -0.0800. The maximum Gasteiger partial charge on any atom is 0.00966 e. The molecule has 1 heterocycles. The van der Waals surface area contributed by atoms with Crippen LogP contribution in [-0.2, 0) is 0 Å². The van der Waals surface area contributed by atoms with E-state index in [4.69, 9.17) is 5.73 Å². The Morgan fingerprint density at radius 3 is 2.00 bits per heavy atom. The van der Waals surface area contributed by atoms with Gasteiger partial charge in [0, 0.05) is 25.2 Å². The van der Waals surface area contributed by atoms with Crippen LogP contribution in [0.5, 0.6) is 0 Å². The summed E-state index contributed by atoms with van der Waals surface area (Å²) < 4.78 is 0. The highest BCUT2D eigenvalue weighted by Crippen LogP contribution is 2.28. The molecule has 2 aliphatic rings. The summed E-state index contributed by atoms with van der Waals surface area (Å²) in [7, 11) is 0. The van der Waals surface area contributed by atoms with Crippen LogP contribution in [0.25, 0.3) is 0 Å². The first-order chi connectivity index (χ1) is 7.15. The molecule has 0 amide bonds. The fraction of sp³-hybridized carbons (Fsp3) is 1.00. The third-order valence-corrected chi connectivity index (χ3v) is 4.15. The van der Waals surface area contributed by atoms with Crippen molar-refractivity contribution in [1.29, 1.82) is 0 Å². The van der Waals surface area contributed by atoms with E-state index in [-0.39, 0.29) is 0 Å². The number of likely N-dealkylation sites (tertiary alicyclic amines) is 1. The molecule has 0 aromatic heterocycles. The third kappa shape index (κ3) is 2.94. The van der Waals surface area contributed by atoms with Gasteiger partial charge in [0.05, 0.1) is 0 Å². The predicted octanol–water partition coefficient (Wildman–Crippen LogP) is 2.23. The zero-order valence-electron chi connectivity index (χ0n) is 10.3. The molecule has 2 fully saturated rings. The highest BCUT2D eigenvalue weighted by atomic mass is 15.2. The molecule has 88 valence electrons. The number of nitrogens with two attached hydrogens (primary N) is 1. The van der Waals surface area contributed by atoms with Crippen molar-refractivity contribution >= 4 is 0 Å². The van der Waals surface area contributed by atoms with Crippen LogP contribution in [0.2, 0.25) is 0 Å². The van der Waals surface area contributed by atoms with Crippen molar-refractivity contribution < 1.29 is 0 Å². The molecule has 2 unspecified atom stereocenters. The van der Waals surface area contributed by atoms with Gasteiger partial charge in [-0.05, 0) is 43.9 Å². The lowest BCUT2D eigenvalue weighted by Gasteiger charge is -2.42. The van der Waals surface area contributed by atoms with E-state index >= 15 is 0 Å². The first kappa shape index (κ1) is 11.4. The number of piperidine rings is 1. The van der Waals surface area contributed by atoms with Crippen molar-refractivity contribution in [3.8, 4) is 0 Å². The fourth-order valence-corrected chi connectivity index (χ4v) is 3.48. The van der Waals surface area contributed by atoms with Crippen molar-refractivity contribution in [2.24, 2.45) is 17.6 Å². The molecule has 2 N–H and O–H groups in total. The molecule has 0 radical (unpaired) electrons. The molecule has 2 heteroatoms. The molecule has 1 aliphatic carbocycles. The number of hydrogen-bond donors (Lipinski definition) is 1. The van der Waals surface area contributed by atoms with Crippen LogP contribution in [0.3, 0.4) is 0 Å². The quantitative estimate of drug-likeness (QED) is 0.719. The Kier molecular flexibility index (Phi) is 3.68. The van der Waals surface area contributed by atoms with Gasteiger partial charge in [-0.2, -0.15) is 0 Å². The van der Waals surface area contributed by atoms with Crippen LogP contribution in [0.1, 0.15) is 46.0 Å². The second-order valence-electron chi connectivity index (χ2n) is 5.97. The first-order valence-corrected chi connectivity index (χ1v) is 6.64. The van der Waals surface area contributed by atoms with Gasteiger partial charge in [0.25, 0.3) is 0 Å². The predicted molar refractivity (Wildman–Crippen MR) is 64.7 cm³/mol. The third-order valence-electron chi connectivity index (χ3n) is 4.15. The average molecular weight is 210 g/mol. The summed E-state index contributed by atoms with van der Waals surface area (Å²) in [6, 6.07) is 1.33. The molecule has 1 saturated carbocycles. The Labute approximate surface area is 94.2 Å². The summed E-state index contributed by atoms with van der Waals surface area (Å²) in [6.07, 6.45) is 6.57. The Morgan fingerprint density at radius 2 is 1.47 bits per heavy atom. The van der Waals surface area contributed by atoms with Gasteiger partial charge in [-0.15, -0.1) is 0 Å². The summed E-state index contributed by atoms with van der Waals surface area (Å²) in [5.74, 6) is 1.79. The molecule has 2 atom stereocenters. The van der Waals surface area contributed by atoms with E-state index < -0.39 is 0 Å². The minimum Gasteiger partial charge on any atom is -0.328 e. The molecule has 2 nitrogen and oxygen atoms in total. The second-order valence-corrected chi connectivity index (χ2v) is 5.97. The molecular formula is C13H26N2. The number of nitrogens with zero attached hydrogens (tertiary/aromatic N) is 1. The lowest BCUT2D eigenvalue weighted by Crippen LogP contribution is -2.47. The molecule has 0 aromatic carbocycles. The summed E-state index contributed by atoms with van der Waals surface area (Å²) in [5, 5.41) is 0. The SMILES string of the molecule is CC1CC(C)CN(C2CCC(N)CC2)C1. The van der Waals surface area contributed by atoms with Gasteiger partial charge >= 0.3 is 0 Å². The number of hydrogen-bond acceptors (Lipinski definition) is 2. The molecule has 1 aliphatic heterocycles. The van der Waals surface area contributed by atoms with E-state index in [0.29, 0.717) is 6.04 Å². The molecular weight excluding hydrogens is 184 g/mol. The summed E-state index contributed by atoms with van der Waals surface area (Å²) >= 11 is 0.